The van der Waals surface area contributed by atoms with Crippen LogP contribution in [-0.4, -0.2) is 19.5 Å². The van der Waals surface area contributed by atoms with Crippen molar-refractivity contribution in [2.45, 2.75) is 0 Å². The summed E-state index contributed by atoms with van der Waals surface area (Å²) in [6.07, 6.45) is 0. The van der Waals surface area contributed by atoms with Crippen molar-refractivity contribution in [3.05, 3.63) is 206 Å². The minimum absolute atomic E-state index is 0.544. The fourth-order valence-electron chi connectivity index (χ4n) is 8.76. The molecule has 5 heteroatoms. The van der Waals surface area contributed by atoms with Gasteiger partial charge in [0.25, 0.3) is 0 Å². The minimum Gasteiger partial charge on any atom is -0.456 e. The highest BCUT2D eigenvalue weighted by Crippen LogP contribution is 2.42. The lowest BCUT2D eigenvalue weighted by atomic mass is 10.00. The normalized spacial score (nSPS) is 11.7. The lowest BCUT2D eigenvalue weighted by Crippen LogP contribution is -2.07. The molecule has 3 heterocycles. The van der Waals surface area contributed by atoms with Gasteiger partial charge in [-0.2, -0.15) is 9.97 Å². The quantitative estimate of drug-likeness (QED) is 0.169. The van der Waals surface area contributed by atoms with Crippen molar-refractivity contribution in [1.82, 2.24) is 19.5 Å². The third kappa shape index (κ3) is 5.59. The van der Waals surface area contributed by atoms with E-state index in [4.69, 9.17) is 19.4 Å². The molecule has 0 amide bonds. The molecule has 0 radical (unpaired) electrons. The second-order valence-electron chi connectivity index (χ2n) is 15.2. The Morgan fingerprint density at radius 3 is 1.50 bits per heavy atom. The molecule has 0 fully saturated rings. The maximum absolute atomic E-state index is 6.42. The first-order valence-electron chi connectivity index (χ1n) is 20.2. The van der Waals surface area contributed by atoms with Crippen LogP contribution in [0.25, 0.3) is 117 Å². The van der Waals surface area contributed by atoms with E-state index in [9.17, 15) is 0 Å². The number of para-hydroxylation sites is 2. The summed E-state index contributed by atoms with van der Waals surface area (Å²) >= 11 is 0. The number of hydrogen-bond donors (Lipinski definition) is 0. The molecule has 60 heavy (non-hydrogen) atoms. The van der Waals surface area contributed by atoms with Crippen LogP contribution >= 0.6 is 0 Å². The van der Waals surface area contributed by atoms with Crippen molar-refractivity contribution >= 4 is 54.5 Å². The predicted octanol–water partition coefficient (Wildman–Crippen LogP) is 14.4. The van der Waals surface area contributed by atoms with Crippen molar-refractivity contribution < 1.29 is 4.42 Å². The summed E-state index contributed by atoms with van der Waals surface area (Å²) in [5, 5.41) is 6.70. The highest BCUT2D eigenvalue weighted by molar-refractivity contribution is 6.21. The Labute approximate surface area is 345 Å². The van der Waals surface area contributed by atoms with Crippen LogP contribution in [0.2, 0.25) is 0 Å². The molecule has 9 aromatic carbocycles. The van der Waals surface area contributed by atoms with Gasteiger partial charge in [0.05, 0.1) is 11.0 Å². The fourth-order valence-corrected chi connectivity index (χ4v) is 8.76. The minimum atomic E-state index is 0.544. The van der Waals surface area contributed by atoms with Gasteiger partial charge >= 0.3 is 0 Å². The Bertz CT molecular complexity index is 3470. The van der Waals surface area contributed by atoms with Crippen molar-refractivity contribution in [3.8, 4) is 62.1 Å². The summed E-state index contributed by atoms with van der Waals surface area (Å²) in [5.41, 5.74) is 12.3. The van der Waals surface area contributed by atoms with Crippen LogP contribution in [0.15, 0.2) is 211 Å². The average molecular weight is 767 g/mol. The lowest BCUT2D eigenvalue weighted by Gasteiger charge is -2.14. The van der Waals surface area contributed by atoms with Crippen LogP contribution in [-0.2, 0) is 0 Å². The van der Waals surface area contributed by atoms with E-state index in [1.165, 1.54) is 0 Å². The molecule has 0 aliphatic heterocycles. The highest BCUT2D eigenvalue weighted by Gasteiger charge is 2.23. The van der Waals surface area contributed by atoms with Crippen LogP contribution in [0.5, 0.6) is 0 Å². The van der Waals surface area contributed by atoms with Crippen LogP contribution < -0.4 is 0 Å². The molecule has 0 saturated heterocycles. The molecule has 0 saturated carbocycles. The van der Waals surface area contributed by atoms with Crippen molar-refractivity contribution in [3.63, 3.8) is 0 Å². The first-order chi connectivity index (χ1) is 29.7. The van der Waals surface area contributed by atoms with Gasteiger partial charge in [0.2, 0.25) is 5.95 Å². The molecule has 0 atom stereocenters. The Kier molecular flexibility index (Phi) is 7.78. The second kappa shape index (κ2) is 13.8. The van der Waals surface area contributed by atoms with Gasteiger partial charge in [0.15, 0.2) is 11.6 Å². The summed E-state index contributed by atoms with van der Waals surface area (Å²) in [6.45, 7) is 0. The number of fused-ring (bicyclic) bond motifs is 8. The molecule has 12 rings (SSSR count). The maximum atomic E-state index is 6.42. The summed E-state index contributed by atoms with van der Waals surface area (Å²) in [6, 6.07) is 72.2. The molecule has 0 bridgehead atoms. The first-order valence-corrected chi connectivity index (χ1v) is 20.2. The van der Waals surface area contributed by atoms with E-state index in [-0.39, 0.29) is 0 Å². The van der Waals surface area contributed by atoms with Gasteiger partial charge in [-0.05, 0) is 51.4 Å². The first kappa shape index (κ1) is 33.9. The highest BCUT2D eigenvalue weighted by atomic mass is 16.3. The average Bonchev–Trinajstić information content (AvgIpc) is 3.88. The molecule has 280 valence electrons. The second-order valence-corrected chi connectivity index (χ2v) is 15.2. The van der Waals surface area contributed by atoms with Gasteiger partial charge in [-0.15, -0.1) is 0 Å². The largest absolute Gasteiger partial charge is 0.456 e. The van der Waals surface area contributed by atoms with E-state index in [2.05, 4.69) is 187 Å². The molecular weight excluding hydrogens is 733 g/mol. The summed E-state index contributed by atoms with van der Waals surface area (Å²) in [4.78, 5) is 16.0. The Morgan fingerprint density at radius 1 is 0.317 bits per heavy atom. The zero-order chi connectivity index (χ0) is 39.6. The smallest absolute Gasteiger partial charge is 0.238 e. The van der Waals surface area contributed by atoms with E-state index < -0.39 is 0 Å². The van der Waals surface area contributed by atoms with Crippen molar-refractivity contribution in [1.29, 1.82) is 0 Å². The van der Waals surface area contributed by atoms with Crippen LogP contribution in [0, 0.1) is 0 Å². The molecule has 0 aliphatic rings. The Balaban J connectivity index is 1.13. The zero-order valence-corrected chi connectivity index (χ0v) is 32.3. The number of aromatic nitrogens is 4. The predicted molar refractivity (Wildman–Crippen MR) is 246 cm³/mol. The number of furan rings is 1. The maximum Gasteiger partial charge on any atom is 0.238 e. The molecule has 12 aromatic rings. The monoisotopic (exact) mass is 766 g/mol. The Morgan fingerprint density at radius 2 is 0.817 bits per heavy atom. The SMILES string of the molecule is c1ccc(-c2ccc(-c3nc(-c4ccc(-c5ccccc5)cc4)nc(-n4c5c(-c6ccc7c(c6)oc6ccccc67)cccc5c5ccc6ccccc6c54)n3)cc2)cc1. The van der Waals surface area contributed by atoms with Gasteiger partial charge in [-0.3, -0.25) is 4.57 Å². The van der Waals surface area contributed by atoms with E-state index in [1.54, 1.807) is 0 Å². The molecule has 0 aliphatic carbocycles. The Hall–Kier alpha value is -8.15. The van der Waals surface area contributed by atoms with Gasteiger partial charge in [0, 0.05) is 43.6 Å². The fraction of sp³-hybridized carbons (Fsp3) is 0. The topological polar surface area (TPSA) is 56.7 Å². The van der Waals surface area contributed by atoms with Gasteiger partial charge < -0.3 is 4.42 Å². The van der Waals surface area contributed by atoms with Gasteiger partial charge in [-0.1, -0.05) is 188 Å². The standard InChI is InChI=1S/C55H34N4O/c1-3-12-35(13-4-1)37-22-26-40(27-23-37)53-56-54(41-28-24-38(25-29-41)36-14-5-2-6-15-36)58-55(57-53)59-51-43-17-8-7-16-39(43)30-33-48(51)47-20-11-19-44(52(47)59)42-31-32-46-45-18-9-10-21-49(45)60-50(46)34-42/h1-34H. The molecule has 0 spiro atoms. The summed E-state index contributed by atoms with van der Waals surface area (Å²) in [7, 11) is 0. The van der Waals surface area contributed by atoms with Crippen molar-refractivity contribution in [2.24, 2.45) is 0 Å². The van der Waals surface area contributed by atoms with Crippen LogP contribution in [0.4, 0.5) is 0 Å². The van der Waals surface area contributed by atoms with Gasteiger partial charge in [0.1, 0.15) is 11.2 Å². The molecule has 0 N–H and O–H groups in total. The van der Waals surface area contributed by atoms with Crippen molar-refractivity contribution in [2.75, 3.05) is 0 Å². The molecule has 0 unspecified atom stereocenters. The van der Waals surface area contributed by atoms with E-state index in [0.29, 0.717) is 17.6 Å². The van der Waals surface area contributed by atoms with E-state index in [1.807, 2.05) is 24.3 Å². The summed E-state index contributed by atoms with van der Waals surface area (Å²) < 4.78 is 8.68. The number of nitrogens with zero attached hydrogens (tertiary/aromatic N) is 4. The molecule has 3 aromatic heterocycles. The molecule has 5 nitrogen and oxygen atoms in total. The third-order valence-electron chi connectivity index (χ3n) is 11.7. The van der Waals surface area contributed by atoms with Crippen LogP contribution in [0.3, 0.4) is 0 Å². The summed E-state index contributed by atoms with van der Waals surface area (Å²) in [5.74, 6) is 1.74. The van der Waals surface area contributed by atoms with E-state index >= 15 is 0 Å². The lowest BCUT2D eigenvalue weighted by molar-refractivity contribution is 0.669. The number of rotatable bonds is 6. The number of hydrogen-bond acceptors (Lipinski definition) is 4. The third-order valence-corrected chi connectivity index (χ3v) is 11.7. The molecular formula is C55H34N4O. The van der Waals surface area contributed by atoms with Crippen LogP contribution in [0.1, 0.15) is 0 Å². The zero-order valence-electron chi connectivity index (χ0n) is 32.3. The van der Waals surface area contributed by atoms with E-state index in [0.717, 1.165) is 99.0 Å². The van der Waals surface area contributed by atoms with Gasteiger partial charge in [-0.25, -0.2) is 4.98 Å². The number of benzene rings is 9.